The summed E-state index contributed by atoms with van der Waals surface area (Å²) in [5.74, 6) is 0. The molecular formula is C78H82BN3Si. The Kier molecular flexibility index (Phi) is 11.8. The van der Waals surface area contributed by atoms with Crippen LogP contribution in [-0.4, -0.2) is 20.3 Å². The largest absolute Gasteiger partial charge is 0.334 e. The molecule has 0 bridgehead atoms. The molecule has 14 rings (SSSR count). The Labute approximate surface area is 497 Å². The molecule has 83 heavy (non-hydrogen) atoms. The first kappa shape index (κ1) is 53.7. The zero-order valence-corrected chi connectivity index (χ0v) is 52.7. The Morgan fingerprint density at radius 3 is 1.47 bits per heavy atom. The average Bonchev–Trinajstić information content (AvgIpc) is 1.94. The van der Waals surface area contributed by atoms with Gasteiger partial charge in [0.25, 0.3) is 6.71 Å². The lowest BCUT2D eigenvalue weighted by Crippen LogP contribution is -2.88. The summed E-state index contributed by atoms with van der Waals surface area (Å²) in [7, 11) is -3.14. The van der Waals surface area contributed by atoms with Crippen LogP contribution in [0.2, 0.25) is 0 Å². The fourth-order valence-corrected chi connectivity index (χ4v) is 21.2. The Hall–Kier alpha value is -7.34. The van der Waals surface area contributed by atoms with E-state index in [0.717, 1.165) is 12.8 Å². The third kappa shape index (κ3) is 7.88. The molecule has 2 unspecified atom stereocenters. The fraction of sp³-hybridized carbons (Fsp3) is 0.308. The Bertz CT molecular complexity index is 3990. The van der Waals surface area contributed by atoms with Crippen LogP contribution in [0, 0.1) is 0 Å². The molecule has 416 valence electrons. The first-order valence-electron chi connectivity index (χ1n) is 30.9. The van der Waals surface area contributed by atoms with Crippen LogP contribution >= 0.6 is 0 Å². The van der Waals surface area contributed by atoms with E-state index in [2.05, 4.69) is 306 Å². The van der Waals surface area contributed by atoms with Crippen LogP contribution in [0.5, 0.6) is 0 Å². The van der Waals surface area contributed by atoms with E-state index in [1.807, 2.05) is 0 Å². The number of anilines is 8. The van der Waals surface area contributed by atoms with Crippen LogP contribution in [0.25, 0.3) is 11.1 Å². The van der Waals surface area contributed by atoms with Gasteiger partial charge >= 0.3 is 0 Å². The zero-order valence-electron chi connectivity index (χ0n) is 51.7. The lowest BCUT2D eigenvalue weighted by molar-refractivity contribution is 0.195. The van der Waals surface area contributed by atoms with E-state index in [4.69, 9.17) is 0 Å². The SMILES string of the molecule is CC(C)(C)c1ccc(N2c3cc(N4c5ccc(-c6ccccc6)cc5C5(C)CCCCC45C)cc4c3B3c5c(cccc5[Si](c5ccccc5)(c5ccccc5)c5cc(C(C)(C)C)cc2c53)N4c2cc(C(C)(C)C)cc(C(C)(C)C)c2)cc1. The summed E-state index contributed by atoms with van der Waals surface area (Å²) in [6.45, 7) is 33.8. The molecule has 4 heterocycles. The van der Waals surface area contributed by atoms with Gasteiger partial charge in [0.05, 0.1) is 5.54 Å². The second-order valence-corrected chi connectivity index (χ2v) is 33.5. The van der Waals surface area contributed by atoms with Crippen molar-refractivity contribution in [2.24, 2.45) is 0 Å². The highest BCUT2D eigenvalue weighted by molar-refractivity contribution is 7.27. The topological polar surface area (TPSA) is 9.72 Å². The molecule has 9 aromatic rings. The quantitative estimate of drug-likeness (QED) is 0.154. The normalized spacial score (nSPS) is 19.3. The number of nitrogens with zero attached hydrogens (tertiary/aromatic N) is 3. The molecule has 5 aliphatic rings. The highest BCUT2D eigenvalue weighted by Gasteiger charge is 2.60. The number of benzene rings is 9. The van der Waals surface area contributed by atoms with Gasteiger partial charge in [0.2, 0.25) is 0 Å². The van der Waals surface area contributed by atoms with Crippen LogP contribution in [0.1, 0.15) is 150 Å². The molecule has 5 heteroatoms. The van der Waals surface area contributed by atoms with Crippen LogP contribution in [0.15, 0.2) is 194 Å². The molecule has 4 aliphatic heterocycles. The summed E-state index contributed by atoms with van der Waals surface area (Å²) in [6.07, 6.45) is 4.68. The van der Waals surface area contributed by atoms with Gasteiger partial charge in [0, 0.05) is 50.9 Å². The van der Waals surface area contributed by atoms with Crippen molar-refractivity contribution in [2.75, 3.05) is 14.7 Å². The average molecular weight is 1100 g/mol. The van der Waals surface area contributed by atoms with Gasteiger partial charge in [-0.1, -0.05) is 236 Å². The summed E-state index contributed by atoms with van der Waals surface area (Å²) in [6, 6.07) is 77.4. The van der Waals surface area contributed by atoms with E-state index in [1.165, 1.54) is 134 Å². The summed E-state index contributed by atoms with van der Waals surface area (Å²) in [5.41, 5.74) is 23.3. The predicted molar refractivity (Wildman–Crippen MR) is 361 cm³/mol. The smallest absolute Gasteiger partial charge is 0.251 e. The maximum absolute atomic E-state index is 3.14. The van der Waals surface area contributed by atoms with E-state index in [9.17, 15) is 0 Å². The van der Waals surface area contributed by atoms with Crippen molar-refractivity contribution in [3.05, 3.63) is 222 Å². The molecule has 1 fully saturated rings. The van der Waals surface area contributed by atoms with E-state index >= 15 is 0 Å². The molecule has 1 aliphatic carbocycles. The van der Waals surface area contributed by atoms with Crippen molar-refractivity contribution in [2.45, 2.75) is 155 Å². The molecule has 0 spiro atoms. The van der Waals surface area contributed by atoms with E-state index in [1.54, 1.807) is 0 Å². The second-order valence-electron chi connectivity index (χ2n) is 29.7. The molecule has 0 amide bonds. The van der Waals surface area contributed by atoms with Gasteiger partial charge in [-0.2, -0.15) is 0 Å². The van der Waals surface area contributed by atoms with Crippen molar-refractivity contribution in [3.63, 3.8) is 0 Å². The Morgan fingerprint density at radius 2 is 0.892 bits per heavy atom. The van der Waals surface area contributed by atoms with Gasteiger partial charge in [0.1, 0.15) is 0 Å². The minimum absolute atomic E-state index is 0.00772. The Morgan fingerprint density at radius 1 is 0.373 bits per heavy atom. The lowest BCUT2D eigenvalue weighted by Gasteiger charge is -2.53. The first-order chi connectivity index (χ1) is 39.4. The van der Waals surface area contributed by atoms with E-state index in [0.29, 0.717) is 0 Å². The van der Waals surface area contributed by atoms with Crippen molar-refractivity contribution in [1.82, 2.24) is 0 Å². The van der Waals surface area contributed by atoms with Gasteiger partial charge < -0.3 is 14.7 Å². The van der Waals surface area contributed by atoms with Gasteiger partial charge in [0.15, 0.2) is 8.07 Å². The van der Waals surface area contributed by atoms with Gasteiger partial charge in [-0.25, -0.2) is 0 Å². The highest BCUT2D eigenvalue weighted by atomic mass is 28.3. The molecule has 1 saturated carbocycles. The molecule has 2 atom stereocenters. The monoisotopic (exact) mass is 1100 g/mol. The molecule has 0 aromatic heterocycles. The summed E-state index contributed by atoms with van der Waals surface area (Å²) in [5, 5.41) is 5.84. The number of hydrogen-bond donors (Lipinski definition) is 0. The minimum atomic E-state index is -3.14. The molecule has 3 nitrogen and oxygen atoms in total. The van der Waals surface area contributed by atoms with Crippen LogP contribution < -0.4 is 51.8 Å². The number of rotatable bonds is 6. The lowest BCUT2D eigenvalue weighted by atomic mass is 9.33. The summed E-state index contributed by atoms with van der Waals surface area (Å²) >= 11 is 0. The van der Waals surface area contributed by atoms with Crippen LogP contribution in [0.3, 0.4) is 0 Å². The maximum atomic E-state index is 2.85. The van der Waals surface area contributed by atoms with Crippen molar-refractivity contribution >= 4 is 97.4 Å². The third-order valence-electron chi connectivity index (χ3n) is 20.6. The Balaban J connectivity index is 1.17. The molecular weight excluding hydrogens is 1020 g/mol. The first-order valence-corrected chi connectivity index (χ1v) is 32.9. The zero-order chi connectivity index (χ0) is 58.0. The van der Waals surface area contributed by atoms with Crippen LogP contribution in [0.4, 0.5) is 45.5 Å². The fourth-order valence-electron chi connectivity index (χ4n) is 15.9. The van der Waals surface area contributed by atoms with Crippen LogP contribution in [-0.2, 0) is 27.1 Å². The number of fused-ring (bicyclic) bond motifs is 3. The summed E-state index contributed by atoms with van der Waals surface area (Å²) < 4.78 is 0. The second kappa shape index (κ2) is 18.3. The van der Waals surface area contributed by atoms with Crippen molar-refractivity contribution in [3.8, 4) is 11.1 Å². The van der Waals surface area contributed by atoms with Gasteiger partial charge in [-0.3, -0.25) is 0 Å². The predicted octanol–water partition coefficient (Wildman–Crippen LogP) is 16.1. The van der Waals surface area contributed by atoms with Crippen molar-refractivity contribution in [1.29, 1.82) is 0 Å². The molecule has 0 radical (unpaired) electrons. The van der Waals surface area contributed by atoms with Gasteiger partial charge in [-0.15, -0.1) is 0 Å². The highest BCUT2D eigenvalue weighted by Crippen LogP contribution is 2.62. The third-order valence-corrected chi connectivity index (χ3v) is 25.5. The summed E-state index contributed by atoms with van der Waals surface area (Å²) in [4.78, 5) is 8.35. The standard InChI is InChI=1S/C78H82BN3Si/c1-73(2,3)53-36-38-57(39-37-53)80-65-47-56(76(10,11)12)48-69-72(65)79-70-66(80)49-59(82-63-40-35-52(51-27-18-15-19-28-51)43-62(63)77(13)41-24-25-42-78(77,82)14)50-67(70)81(58-45-54(74(4,5)6)44-55(46-58)75(7,8)9)64-33-26-34-68(71(64)79)83(69,60-29-20-16-21-30-60)61-31-22-17-23-32-61/h15-23,26-40,43-50H,24-25,41-42H2,1-14H3. The molecule has 0 N–H and O–H groups in total. The number of hydrogen-bond acceptors (Lipinski definition) is 3. The van der Waals surface area contributed by atoms with Gasteiger partial charge in [-0.05, 0) is 178 Å². The van der Waals surface area contributed by atoms with E-state index < -0.39 is 8.07 Å². The van der Waals surface area contributed by atoms with E-state index in [-0.39, 0.29) is 39.3 Å². The molecule has 0 saturated heterocycles. The maximum Gasteiger partial charge on any atom is 0.251 e. The minimum Gasteiger partial charge on any atom is -0.334 e. The molecule has 9 aromatic carbocycles. The van der Waals surface area contributed by atoms with Crippen molar-refractivity contribution < 1.29 is 0 Å².